The molecule has 4 atom stereocenters. The van der Waals surface area contributed by atoms with Crippen molar-refractivity contribution >= 4 is 29.7 Å². The number of likely N-dealkylation sites (tertiary alicyclic amines) is 1. The molecular weight excluding hydrogens is 645 g/mol. The molecule has 0 aliphatic carbocycles. The predicted octanol–water partition coefficient (Wildman–Crippen LogP) is 4.53. The molecule has 1 aromatic rings. The van der Waals surface area contributed by atoms with Crippen molar-refractivity contribution in [2.45, 2.75) is 111 Å². The number of carboxylic acid groups (broad SMARTS) is 2. The SMILES string of the molecule is CN[C@H](C(=O)N[C@H](C(=O)N(C)[C@H](C=C(C)C(=O)N1CCC[C@H]1C(=O)O)C(C)C)C(C)(C)C)C(C)(C)c1cccc(C)c1.O=C(O)C(F)(F)F. The molecule has 276 valence electrons. The molecule has 0 radical (unpaired) electrons. The lowest BCUT2D eigenvalue weighted by Crippen LogP contribution is -2.61. The van der Waals surface area contributed by atoms with Gasteiger partial charge in [0.25, 0.3) is 0 Å². The van der Waals surface area contributed by atoms with Gasteiger partial charge in [0.15, 0.2) is 0 Å². The number of nitrogens with zero attached hydrogens (tertiary/aromatic N) is 2. The lowest BCUT2D eigenvalue weighted by molar-refractivity contribution is -0.192. The van der Waals surface area contributed by atoms with E-state index in [0.717, 1.165) is 11.1 Å². The molecule has 0 aromatic heterocycles. The third kappa shape index (κ3) is 11.6. The van der Waals surface area contributed by atoms with E-state index >= 15 is 0 Å². The van der Waals surface area contributed by atoms with Gasteiger partial charge in [-0.2, -0.15) is 13.2 Å². The second-order valence-electron chi connectivity index (χ2n) is 14.5. The Morgan fingerprint density at radius 1 is 1.02 bits per heavy atom. The fourth-order valence-electron chi connectivity index (χ4n) is 5.83. The maximum Gasteiger partial charge on any atom is 0.490 e. The van der Waals surface area contributed by atoms with Gasteiger partial charge in [0, 0.05) is 24.6 Å². The van der Waals surface area contributed by atoms with E-state index in [2.05, 4.69) is 16.7 Å². The van der Waals surface area contributed by atoms with Crippen LogP contribution >= 0.6 is 0 Å². The van der Waals surface area contributed by atoms with Crippen LogP contribution in [-0.4, -0.2) is 101 Å². The fraction of sp³-hybridized carbons (Fsp3) is 0.629. The predicted molar refractivity (Wildman–Crippen MR) is 180 cm³/mol. The van der Waals surface area contributed by atoms with Crippen LogP contribution in [0.25, 0.3) is 0 Å². The summed E-state index contributed by atoms with van der Waals surface area (Å²) in [4.78, 5) is 64.7. The Kier molecular flexibility index (Phi) is 15.1. The minimum Gasteiger partial charge on any atom is -0.480 e. The topological polar surface area (TPSA) is 156 Å². The fourth-order valence-corrected chi connectivity index (χ4v) is 5.83. The molecule has 0 spiro atoms. The zero-order valence-electron chi connectivity index (χ0n) is 30.4. The Labute approximate surface area is 287 Å². The van der Waals surface area contributed by atoms with Crippen molar-refractivity contribution in [1.29, 1.82) is 0 Å². The number of hydrogen-bond donors (Lipinski definition) is 4. The van der Waals surface area contributed by atoms with E-state index in [1.54, 1.807) is 32.0 Å². The molecule has 1 saturated heterocycles. The number of aliphatic carboxylic acids is 2. The van der Waals surface area contributed by atoms with Crippen LogP contribution in [0.3, 0.4) is 0 Å². The van der Waals surface area contributed by atoms with Crippen molar-refractivity contribution in [3.8, 4) is 0 Å². The van der Waals surface area contributed by atoms with Crippen LogP contribution in [0.5, 0.6) is 0 Å². The van der Waals surface area contributed by atoms with E-state index < -0.39 is 53.1 Å². The Morgan fingerprint density at radius 2 is 1.57 bits per heavy atom. The van der Waals surface area contributed by atoms with Crippen LogP contribution in [0.2, 0.25) is 0 Å². The standard InChI is InChI=1S/C33H52N4O5.C2HF3O2/c1-20(2)25(19-22(4)29(39)37-17-13-16-24(37)31(41)42)36(11)30(40)27(32(5,6)7)35-28(38)26(34-10)33(8,9)23-15-12-14-21(3)18-23;3-2(4,5)1(6)7/h12,14-15,18-20,24-27,34H,13,16-17H2,1-11H3,(H,35,38)(H,41,42);(H,6,7)/t24-,25+,26+,27+;/m0./s1. The number of likely N-dealkylation sites (N-methyl/N-ethyl adjacent to an activating group) is 2. The average Bonchev–Trinajstić information content (AvgIpc) is 3.47. The number of aryl methyl sites for hydroxylation is 1. The zero-order chi connectivity index (χ0) is 38.2. The summed E-state index contributed by atoms with van der Waals surface area (Å²) in [5.41, 5.74) is 1.35. The molecule has 1 fully saturated rings. The van der Waals surface area contributed by atoms with E-state index in [-0.39, 0.29) is 23.6 Å². The lowest BCUT2D eigenvalue weighted by Gasteiger charge is -2.40. The average molecular weight is 699 g/mol. The van der Waals surface area contributed by atoms with Crippen LogP contribution in [0.1, 0.15) is 79.4 Å². The molecule has 1 aromatic carbocycles. The highest BCUT2D eigenvalue weighted by Crippen LogP contribution is 2.30. The summed E-state index contributed by atoms with van der Waals surface area (Å²) < 4.78 is 31.7. The van der Waals surface area contributed by atoms with Crippen molar-refractivity contribution < 1.29 is 47.4 Å². The van der Waals surface area contributed by atoms with Gasteiger partial charge in [-0.25, -0.2) is 9.59 Å². The first-order valence-corrected chi connectivity index (χ1v) is 16.1. The molecule has 11 nitrogen and oxygen atoms in total. The summed E-state index contributed by atoms with van der Waals surface area (Å²) in [6.07, 6.45) is -2.26. The quantitative estimate of drug-likeness (QED) is 0.246. The maximum atomic E-state index is 14.1. The first kappa shape index (κ1) is 43.1. The Morgan fingerprint density at radius 3 is 2.00 bits per heavy atom. The number of carboxylic acids is 2. The minimum absolute atomic E-state index is 0.0443. The number of carbonyl (C=O) groups excluding carboxylic acids is 3. The molecule has 0 bridgehead atoms. The number of rotatable bonds is 11. The summed E-state index contributed by atoms with van der Waals surface area (Å²) in [5, 5.41) is 22.9. The maximum absolute atomic E-state index is 14.1. The van der Waals surface area contributed by atoms with E-state index in [1.807, 2.05) is 73.6 Å². The first-order chi connectivity index (χ1) is 22.3. The van der Waals surface area contributed by atoms with Gasteiger partial charge < -0.3 is 30.6 Å². The molecular formula is C35H53F3N4O7. The van der Waals surface area contributed by atoms with E-state index in [9.17, 15) is 37.5 Å². The van der Waals surface area contributed by atoms with Crippen molar-refractivity contribution in [3.05, 3.63) is 47.0 Å². The van der Waals surface area contributed by atoms with Crippen LogP contribution < -0.4 is 10.6 Å². The zero-order valence-corrected chi connectivity index (χ0v) is 30.4. The highest BCUT2D eigenvalue weighted by Gasteiger charge is 2.42. The van der Waals surface area contributed by atoms with Crippen molar-refractivity contribution in [1.82, 2.24) is 20.4 Å². The Bertz CT molecular complexity index is 1390. The molecule has 3 amide bonds. The molecule has 0 saturated carbocycles. The largest absolute Gasteiger partial charge is 0.490 e. The number of alkyl halides is 3. The lowest BCUT2D eigenvalue weighted by atomic mass is 9.76. The van der Waals surface area contributed by atoms with Crippen LogP contribution in [-0.2, 0) is 29.4 Å². The second kappa shape index (κ2) is 17.1. The number of halogens is 3. The van der Waals surface area contributed by atoms with Gasteiger partial charge in [-0.15, -0.1) is 0 Å². The van der Waals surface area contributed by atoms with Gasteiger partial charge in [0.05, 0.1) is 12.1 Å². The molecule has 4 N–H and O–H groups in total. The van der Waals surface area contributed by atoms with Gasteiger partial charge in [0.2, 0.25) is 17.7 Å². The van der Waals surface area contributed by atoms with E-state index in [0.29, 0.717) is 25.0 Å². The minimum atomic E-state index is -5.08. The number of amides is 3. The summed E-state index contributed by atoms with van der Waals surface area (Å²) in [7, 11) is 3.44. The van der Waals surface area contributed by atoms with E-state index in [4.69, 9.17) is 9.90 Å². The number of hydrogen-bond acceptors (Lipinski definition) is 6. The molecule has 1 heterocycles. The molecule has 49 heavy (non-hydrogen) atoms. The number of carbonyl (C=O) groups is 5. The number of nitrogens with one attached hydrogen (secondary N) is 2. The summed E-state index contributed by atoms with van der Waals surface area (Å²) >= 11 is 0. The monoisotopic (exact) mass is 698 g/mol. The van der Waals surface area contributed by atoms with Gasteiger partial charge in [-0.1, -0.05) is 84.4 Å². The van der Waals surface area contributed by atoms with Gasteiger partial charge in [0.1, 0.15) is 12.1 Å². The van der Waals surface area contributed by atoms with Crippen LogP contribution in [0, 0.1) is 18.3 Å². The smallest absolute Gasteiger partial charge is 0.480 e. The Hall–Kier alpha value is -3.94. The van der Waals surface area contributed by atoms with Crippen LogP contribution in [0.4, 0.5) is 13.2 Å². The molecule has 1 aliphatic rings. The normalized spacial score (nSPS) is 17.4. The highest BCUT2D eigenvalue weighted by atomic mass is 19.4. The van der Waals surface area contributed by atoms with Crippen molar-refractivity contribution in [2.75, 3.05) is 20.6 Å². The first-order valence-electron chi connectivity index (χ1n) is 16.1. The summed E-state index contributed by atoms with van der Waals surface area (Å²) in [6, 6.07) is 5.36. The summed E-state index contributed by atoms with van der Waals surface area (Å²) in [5.74, 6) is -4.68. The third-order valence-corrected chi connectivity index (χ3v) is 8.71. The van der Waals surface area contributed by atoms with Crippen LogP contribution in [0.15, 0.2) is 35.9 Å². The Balaban J connectivity index is 0.00000154. The second-order valence-corrected chi connectivity index (χ2v) is 14.5. The number of benzene rings is 1. The van der Waals surface area contributed by atoms with Gasteiger partial charge in [-0.3, -0.25) is 14.4 Å². The molecule has 2 rings (SSSR count). The van der Waals surface area contributed by atoms with Crippen molar-refractivity contribution in [3.63, 3.8) is 0 Å². The molecule has 14 heteroatoms. The van der Waals surface area contributed by atoms with Gasteiger partial charge >= 0.3 is 18.1 Å². The molecule has 1 aliphatic heterocycles. The molecule has 0 unspecified atom stereocenters. The highest BCUT2D eigenvalue weighted by molar-refractivity contribution is 5.96. The van der Waals surface area contributed by atoms with Gasteiger partial charge in [-0.05, 0) is 50.6 Å². The summed E-state index contributed by atoms with van der Waals surface area (Å²) in [6.45, 7) is 17.8. The van der Waals surface area contributed by atoms with E-state index in [1.165, 1.54) is 4.90 Å². The third-order valence-electron chi connectivity index (χ3n) is 8.71. The van der Waals surface area contributed by atoms with Crippen molar-refractivity contribution in [2.24, 2.45) is 11.3 Å².